The zero-order valence-electron chi connectivity index (χ0n) is 16.4. The Balaban J connectivity index is 1.36. The average molecular weight is 416 g/mol. The van der Waals surface area contributed by atoms with Crippen LogP contribution in [0.25, 0.3) is 0 Å². The molecule has 0 N–H and O–H groups in total. The molecular weight excluding hydrogens is 389 g/mol. The van der Waals surface area contributed by atoms with Crippen molar-refractivity contribution in [3.05, 3.63) is 42.0 Å². The summed E-state index contributed by atoms with van der Waals surface area (Å²) in [5.74, 6) is 0.278. The van der Waals surface area contributed by atoms with Crippen LogP contribution in [-0.4, -0.2) is 39.1 Å². The van der Waals surface area contributed by atoms with E-state index in [2.05, 4.69) is 23.8 Å². The van der Waals surface area contributed by atoms with Gasteiger partial charge < -0.3 is 23.7 Å². The van der Waals surface area contributed by atoms with E-state index >= 15 is 0 Å². The molecule has 8 heteroatoms. The molecule has 0 spiro atoms. The first-order valence-corrected chi connectivity index (χ1v) is 9.91. The summed E-state index contributed by atoms with van der Waals surface area (Å²) in [6, 6.07) is 5.53. The van der Waals surface area contributed by atoms with Gasteiger partial charge in [0.15, 0.2) is 12.6 Å². The first-order chi connectivity index (χ1) is 13.9. The molecule has 2 heterocycles. The number of hydrogen-bond acceptors (Lipinski definition) is 5. The third-order valence-electron chi connectivity index (χ3n) is 4.80. The minimum Gasteiger partial charge on any atom is -0.406 e. The molecule has 0 bridgehead atoms. The fourth-order valence-electron chi connectivity index (χ4n) is 3.27. The lowest BCUT2D eigenvalue weighted by Gasteiger charge is -2.32. The lowest BCUT2D eigenvalue weighted by atomic mass is 10.0. The molecule has 0 radical (unpaired) electrons. The summed E-state index contributed by atoms with van der Waals surface area (Å²) in [5, 5.41) is 0. The van der Waals surface area contributed by atoms with Gasteiger partial charge in [0.25, 0.3) is 0 Å². The lowest BCUT2D eigenvalue weighted by Crippen LogP contribution is -2.33. The lowest BCUT2D eigenvalue weighted by molar-refractivity contribution is -0.274. The number of benzene rings is 1. The summed E-state index contributed by atoms with van der Waals surface area (Å²) in [6.07, 6.45) is 1.42. The van der Waals surface area contributed by atoms with Crippen LogP contribution in [0.5, 0.6) is 5.75 Å². The van der Waals surface area contributed by atoms with E-state index in [1.165, 1.54) is 24.3 Å². The number of hydrogen-bond donors (Lipinski definition) is 0. The number of allylic oxidation sites excluding steroid dienone is 1. The van der Waals surface area contributed by atoms with Crippen LogP contribution in [0.1, 0.15) is 38.0 Å². The molecule has 0 unspecified atom stereocenters. The predicted octanol–water partition coefficient (Wildman–Crippen LogP) is 4.98. The fraction of sp³-hybridized carbons (Fsp3) is 0.619. The fourth-order valence-corrected chi connectivity index (χ4v) is 3.27. The molecule has 2 fully saturated rings. The largest absolute Gasteiger partial charge is 0.573 e. The van der Waals surface area contributed by atoms with Gasteiger partial charge in [-0.25, -0.2) is 0 Å². The zero-order valence-corrected chi connectivity index (χ0v) is 16.4. The first-order valence-electron chi connectivity index (χ1n) is 9.91. The van der Waals surface area contributed by atoms with E-state index in [4.69, 9.17) is 18.9 Å². The minimum absolute atomic E-state index is 0.194. The Labute approximate surface area is 168 Å². The molecule has 0 saturated carbocycles. The highest BCUT2D eigenvalue weighted by molar-refractivity contribution is 5.28. The highest BCUT2D eigenvalue weighted by Crippen LogP contribution is 2.30. The van der Waals surface area contributed by atoms with E-state index in [0.29, 0.717) is 37.9 Å². The Kier molecular flexibility index (Phi) is 7.94. The van der Waals surface area contributed by atoms with Gasteiger partial charge >= 0.3 is 6.36 Å². The van der Waals surface area contributed by atoms with Gasteiger partial charge in [-0.15, -0.1) is 13.2 Å². The van der Waals surface area contributed by atoms with Crippen LogP contribution in [0, 0.1) is 11.8 Å². The molecule has 2 saturated heterocycles. The molecule has 162 valence electrons. The van der Waals surface area contributed by atoms with Crippen LogP contribution in [0.2, 0.25) is 0 Å². The summed E-state index contributed by atoms with van der Waals surface area (Å²) in [7, 11) is 0. The maximum atomic E-state index is 12.2. The second kappa shape index (κ2) is 10.4. The van der Waals surface area contributed by atoms with Crippen LogP contribution < -0.4 is 4.74 Å². The summed E-state index contributed by atoms with van der Waals surface area (Å²) >= 11 is 0. The molecular formula is C21H27F3O5. The monoisotopic (exact) mass is 416 g/mol. The van der Waals surface area contributed by atoms with Gasteiger partial charge in [0.2, 0.25) is 0 Å². The zero-order chi connectivity index (χ0) is 20.7. The van der Waals surface area contributed by atoms with Crippen LogP contribution in [0.15, 0.2) is 36.4 Å². The van der Waals surface area contributed by atoms with Gasteiger partial charge in [-0.3, -0.25) is 0 Å². The highest BCUT2D eigenvalue weighted by atomic mass is 19.4. The second-order valence-electron chi connectivity index (χ2n) is 7.25. The van der Waals surface area contributed by atoms with E-state index in [1.807, 2.05) is 0 Å². The third kappa shape index (κ3) is 7.29. The van der Waals surface area contributed by atoms with Gasteiger partial charge in [-0.2, -0.15) is 0 Å². The topological polar surface area (TPSA) is 46.2 Å². The normalized spacial score (nSPS) is 28.6. The summed E-state index contributed by atoms with van der Waals surface area (Å²) in [4.78, 5) is 0. The predicted molar refractivity (Wildman–Crippen MR) is 99.1 cm³/mol. The smallest absolute Gasteiger partial charge is 0.406 e. The van der Waals surface area contributed by atoms with Crippen molar-refractivity contribution in [1.29, 1.82) is 0 Å². The molecule has 1 aromatic rings. The average Bonchev–Trinajstić information content (AvgIpc) is 2.71. The van der Waals surface area contributed by atoms with Gasteiger partial charge in [0, 0.05) is 17.4 Å². The Bertz CT molecular complexity index is 631. The summed E-state index contributed by atoms with van der Waals surface area (Å²) in [5.41, 5.74) is 0.656. The van der Waals surface area contributed by atoms with E-state index in [0.717, 1.165) is 19.3 Å². The van der Waals surface area contributed by atoms with Crippen molar-refractivity contribution in [1.82, 2.24) is 0 Å². The second-order valence-corrected chi connectivity index (χ2v) is 7.25. The minimum atomic E-state index is -4.70. The van der Waals surface area contributed by atoms with Crippen molar-refractivity contribution >= 4 is 0 Å². The van der Waals surface area contributed by atoms with Gasteiger partial charge in [-0.05, 0) is 31.4 Å². The Morgan fingerprint density at radius 2 is 1.62 bits per heavy atom. The van der Waals surface area contributed by atoms with E-state index in [1.54, 1.807) is 0 Å². The number of rotatable bonds is 7. The molecule has 1 aromatic carbocycles. The molecule has 3 rings (SSSR count). The molecule has 5 nitrogen and oxygen atoms in total. The van der Waals surface area contributed by atoms with Crippen molar-refractivity contribution in [3.8, 4) is 5.75 Å². The van der Waals surface area contributed by atoms with Crippen molar-refractivity contribution in [2.24, 2.45) is 11.8 Å². The van der Waals surface area contributed by atoms with Crippen molar-refractivity contribution < 1.29 is 36.9 Å². The number of halogens is 3. The van der Waals surface area contributed by atoms with Gasteiger partial charge in [0.1, 0.15) is 5.75 Å². The van der Waals surface area contributed by atoms with Gasteiger partial charge in [-0.1, -0.05) is 31.2 Å². The van der Waals surface area contributed by atoms with Crippen molar-refractivity contribution in [3.63, 3.8) is 0 Å². The molecule has 29 heavy (non-hydrogen) atoms. The summed E-state index contributed by atoms with van der Waals surface area (Å²) in [6.45, 7) is 4.48. The molecule has 0 amide bonds. The van der Waals surface area contributed by atoms with Crippen molar-refractivity contribution in [2.45, 2.75) is 45.1 Å². The van der Waals surface area contributed by atoms with Gasteiger partial charge in [0.05, 0.1) is 26.4 Å². The van der Waals surface area contributed by atoms with Crippen molar-refractivity contribution in [2.75, 3.05) is 26.4 Å². The van der Waals surface area contributed by atoms with E-state index in [9.17, 15) is 13.2 Å². The SMILES string of the molecule is CCC=C[C@H]1CO[C@H](CC[C@H]2CO[C@H](c3ccc(OC(F)(F)F)cc3)OC2)OC1. The Hall–Kier alpha value is -1.61. The van der Waals surface area contributed by atoms with Crippen LogP contribution >= 0.6 is 0 Å². The summed E-state index contributed by atoms with van der Waals surface area (Å²) < 4.78 is 63.6. The molecule has 0 atom stereocenters. The van der Waals surface area contributed by atoms with Crippen LogP contribution in [-0.2, 0) is 18.9 Å². The molecule has 0 aromatic heterocycles. The van der Waals surface area contributed by atoms with Crippen LogP contribution in [0.3, 0.4) is 0 Å². The third-order valence-corrected chi connectivity index (χ3v) is 4.80. The quantitative estimate of drug-likeness (QED) is 0.587. The van der Waals surface area contributed by atoms with E-state index in [-0.39, 0.29) is 18.0 Å². The maximum absolute atomic E-state index is 12.2. The first kappa shape index (κ1) is 22.1. The molecule has 0 aliphatic carbocycles. The highest BCUT2D eigenvalue weighted by Gasteiger charge is 2.31. The van der Waals surface area contributed by atoms with Crippen LogP contribution in [0.4, 0.5) is 13.2 Å². The Morgan fingerprint density at radius 1 is 0.966 bits per heavy atom. The number of ether oxygens (including phenoxy) is 5. The molecule has 2 aliphatic rings. The standard InChI is InChI=1S/C21H27F3O5/c1-2-3-4-15-11-25-19(26-12-15)10-5-16-13-27-20(28-14-16)17-6-8-18(9-7-17)29-21(22,23)24/h3-4,6-9,15-16,19-20H,2,5,10-14H2,1H3/t15-,16-,19-,20-. The number of alkyl halides is 3. The maximum Gasteiger partial charge on any atom is 0.573 e. The molecule has 2 aliphatic heterocycles. The Morgan fingerprint density at radius 3 is 2.21 bits per heavy atom. The van der Waals surface area contributed by atoms with E-state index < -0.39 is 12.7 Å².